The molecular weight excluding hydrogens is 478 g/mol. The number of aromatic nitrogens is 2. The van der Waals surface area contributed by atoms with Crippen molar-refractivity contribution in [2.45, 2.75) is 71.5 Å². The van der Waals surface area contributed by atoms with Crippen molar-refractivity contribution in [3.05, 3.63) is 96.2 Å². The molecule has 204 valence electrons. The Morgan fingerprint density at radius 3 is 2.13 bits per heavy atom. The van der Waals surface area contributed by atoms with Gasteiger partial charge in [0.05, 0.1) is 18.5 Å². The van der Waals surface area contributed by atoms with Crippen molar-refractivity contribution in [1.82, 2.24) is 14.5 Å². The number of nitrogens with zero attached hydrogens (tertiary/aromatic N) is 3. The predicted molar refractivity (Wildman–Crippen MR) is 162 cm³/mol. The van der Waals surface area contributed by atoms with Gasteiger partial charge in [-0.05, 0) is 42.9 Å². The molecule has 1 aromatic heterocycles. The molecule has 4 nitrogen and oxygen atoms in total. The topological polar surface area (TPSA) is 30.3 Å². The third kappa shape index (κ3) is 6.99. The van der Waals surface area contributed by atoms with Crippen LogP contribution in [0, 0.1) is 5.92 Å². The van der Waals surface area contributed by atoms with E-state index >= 15 is 0 Å². The molecule has 0 radical (unpaired) electrons. The Kier molecular flexibility index (Phi) is 9.50. The standard InChI is InChI=1S/C35H43N3O/c1-3-4-24-38-33(34(30-16-10-6-11-17-30)36-35(38)31-18-12-7-13-19-31)27-37(25-28-14-8-5-9-15-28)26-29-20-22-32(39-2)23-21-29/h6-7,10-13,16-23,28H,3-5,8-9,14-15,24-27H2,1-2H3. The first kappa shape index (κ1) is 27.2. The molecule has 1 heterocycles. The number of benzene rings is 3. The van der Waals surface area contributed by atoms with Crippen molar-refractivity contribution in [2.24, 2.45) is 5.92 Å². The molecule has 4 aromatic rings. The molecule has 0 unspecified atom stereocenters. The first-order valence-electron chi connectivity index (χ1n) is 14.8. The highest BCUT2D eigenvalue weighted by atomic mass is 16.5. The largest absolute Gasteiger partial charge is 0.497 e. The first-order valence-corrected chi connectivity index (χ1v) is 14.8. The summed E-state index contributed by atoms with van der Waals surface area (Å²) < 4.78 is 7.95. The van der Waals surface area contributed by atoms with E-state index in [4.69, 9.17) is 9.72 Å². The van der Waals surface area contributed by atoms with E-state index in [0.717, 1.165) is 62.2 Å². The van der Waals surface area contributed by atoms with Gasteiger partial charge in [-0.15, -0.1) is 0 Å². The number of ether oxygens (including phenoxy) is 1. The second-order valence-electron chi connectivity index (χ2n) is 11.0. The third-order valence-electron chi connectivity index (χ3n) is 8.07. The van der Waals surface area contributed by atoms with Crippen molar-refractivity contribution in [3.63, 3.8) is 0 Å². The van der Waals surface area contributed by atoms with Crippen molar-refractivity contribution in [1.29, 1.82) is 0 Å². The zero-order valence-electron chi connectivity index (χ0n) is 23.7. The van der Waals surface area contributed by atoms with Crippen molar-refractivity contribution >= 4 is 0 Å². The van der Waals surface area contributed by atoms with Crippen LogP contribution in [-0.4, -0.2) is 28.1 Å². The molecule has 1 saturated carbocycles. The summed E-state index contributed by atoms with van der Waals surface area (Å²) in [5, 5.41) is 0. The van der Waals surface area contributed by atoms with Crippen LogP contribution in [0.5, 0.6) is 5.75 Å². The van der Waals surface area contributed by atoms with Crippen molar-refractivity contribution in [2.75, 3.05) is 13.7 Å². The van der Waals surface area contributed by atoms with Gasteiger partial charge in [0.15, 0.2) is 0 Å². The van der Waals surface area contributed by atoms with Crippen LogP contribution in [-0.2, 0) is 19.6 Å². The molecule has 39 heavy (non-hydrogen) atoms. The van der Waals surface area contributed by atoms with Gasteiger partial charge in [-0.2, -0.15) is 0 Å². The Morgan fingerprint density at radius 1 is 0.821 bits per heavy atom. The zero-order chi connectivity index (χ0) is 26.9. The second-order valence-corrected chi connectivity index (χ2v) is 11.0. The summed E-state index contributed by atoms with van der Waals surface area (Å²) in [4.78, 5) is 8.03. The summed E-state index contributed by atoms with van der Waals surface area (Å²) in [6.45, 7) is 6.19. The molecule has 0 N–H and O–H groups in total. The number of rotatable bonds is 12. The van der Waals surface area contributed by atoms with E-state index < -0.39 is 0 Å². The average molecular weight is 522 g/mol. The molecule has 0 saturated heterocycles. The van der Waals surface area contributed by atoms with Gasteiger partial charge in [0, 0.05) is 37.3 Å². The number of unbranched alkanes of at least 4 members (excludes halogenated alkanes) is 1. The molecule has 0 spiro atoms. The Hall–Kier alpha value is -3.37. The number of methoxy groups -OCH3 is 1. The molecular formula is C35H43N3O. The van der Waals surface area contributed by atoms with E-state index in [1.807, 2.05) is 0 Å². The van der Waals surface area contributed by atoms with E-state index in [1.54, 1.807) is 7.11 Å². The van der Waals surface area contributed by atoms with Gasteiger partial charge in [0.2, 0.25) is 0 Å². The van der Waals surface area contributed by atoms with E-state index in [-0.39, 0.29) is 0 Å². The maximum Gasteiger partial charge on any atom is 0.140 e. The maximum atomic E-state index is 5.43. The van der Waals surface area contributed by atoms with E-state index in [0.29, 0.717) is 0 Å². The lowest BCUT2D eigenvalue weighted by Gasteiger charge is -2.30. The van der Waals surface area contributed by atoms with Gasteiger partial charge >= 0.3 is 0 Å². The van der Waals surface area contributed by atoms with Crippen LogP contribution >= 0.6 is 0 Å². The van der Waals surface area contributed by atoms with E-state index in [1.165, 1.54) is 54.5 Å². The van der Waals surface area contributed by atoms with Crippen LogP contribution in [0.3, 0.4) is 0 Å². The predicted octanol–water partition coefficient (Wildman–Crippen LogP) is 8.61. The lowest BCUT2D eigenvalue weighted by molar-refractivity contribution is 0.183. The molecule has 0 bridgehead atoms. The molecule has 0 amide bonds. The van der Waals surface area contributed by atoms with Gasteiger partial charge in [-0.25, -0.2) is 4.98 Å². The normalized spacial score (nSPS) is 14.1. The van der Waals surface area contributed by atoms with Crippen LogP contribution in [0.1, 0.15) is 63.1 Å². The Morgan fingerprint density at radius 2 is 1.49 bits per heavy atom. The molecule has 4 heteroatoms. The molecule has 3 aromatic carbocycles. The highest BCUT2D eigenvalue weighted by molar-refractivity contribution is 5.68. The Bertz CT molecular complexity index is 1270. The van der Waals surface area contributed by atoms with Gasteiger partial charge in [-0.3, -0.25) is 4.90 Å². The lowest BCUT2D eigenvalue weighted by atomic mass is 9.89. The fraction of sp³-hybridized carbons (Fsp3) is 0.400. The van der Waals surface area contributed by atoms with Crippen LogP contribution in [0.15, 0.2) is 84.9 Å². The minimum Gasteiger partial charge on any atom is -0.497 e. The average Bonchev–Trinajstić information content (AvgIpc) is 3.35. The van der Waals surface area contributed by atoms with Crippen molar-refractivity contribution in [3.8, 4) is 28.4 Å². The monoisotopic (exact) mass is 521 g/mol. The number of hydrogen-bond donors (Lipinski definition) is 0. The second kappa shape index (κ2) is 13.6. The summed E-state index contributed by atoms with van der Waals surface area (Å²) >= 11 is 0. The van der Waals surface area contributed by atoms with Gasteiger partial charge in [0.1, 0.15) is 11.6 Å². The molecule has 1 aliphatic carbocycles. The third-order valence-corrected chi connectivity index (χ3v) is 8.07. The molecule has 0 atom stereocenters. The van der Waals surface area contributed by atoms with Crippen LogP contribution in [0.2, 0.25) is 0 Å². The van der Waals surface area contributed by atoms with Gasteiger partial charge in [0.25, 0.3) is 0 Å². The first-order chi connectivity index (χ1) is 19.2. The minimum atomic E-state index is 0.762. The Balaban J connectivity index is 1.55. The summed E-state index contributed by atoms with van der Waals surface area (Å²) in [5.74, 6) is 2.76. The van der Waals surface area contributed by atoms with Crippen LogP contribution in [0.25, 0.3) is 22.6 Å². The summed E-state index contributed by atoms with van der Waals surface area (Å²) in [5.41, 5.74) is 6.16. The maximum absolute atomic E-state index is 5.43. The quantitative estimate of drug-likeness (QED) is 0.187. The zero-order valence-corrected chi connectivity index (χ0v) is 23.7. The summed E-state index contributed by atoms with van der Waals surface area (Å²) in [7, 11) is 1.73. The van der Waals surface area contributed by atoms with Crippen LogP contribution < -0.4 is 4.74 Å². The summed E-state index contributed by atoms with van der Waals surface area (Å²) in [6.07, 6.45) is 9.09. The van der Waals surface area contributed by atoms with Gasteiger partial charge in [-0.1, -0.05) is 105 Å². The Labute approximate surface area is 234 Å². The smallest absolute Gasteiger partial charge is 0.140 e. The summed E-state index contributed by atoms with van der Waals surface area (Å²) in [6, 6.07) is 30.1. The molecule has 5 rings (SSSR count). The highest BCUT2D eigenvalue weighted by Crippen LogP contribution is 2.32. The fourth-order valence-corrected chi connectivity index (χ4v) is 5.96. The lowest BCUT2D eigenvalue weighted by Crippen LogP contribution is -2.31. The van der Waals surface area contributed by atoms with Crippen LogP contribution in [0.4, 0.5) is 0 Å². The SMILES string of the molecule is CCCCn1c(-c2ccccc2)nc(-c2ccccc2)c1CN(Cc1ccc(OC)cc1)CC1CCCCC1. The molecule has 1 fully saturated rings. The molecule has 0 aliphatic heterocycles. The van der Waals surface area contributed by atoms with Crippen molar-refractivity contribution < 1.29 is 4.74 Å². The fourth-order valence-electron chi connectivity index (χ4n) is 5.96. The van der Waals surface area contributed by atoms with E-state index in [2.05, 4.69) is 101 Å². The van der Waals surface area contributed by atoms with E-state index in [9.17, 15) is 0 Å². The number of imidazole rings is 1. The molecule has 1 aliphatic rings. The minimum absolute atomic E-state index is 0.762. The number of hydrogen-bond acceptors (Lipinski definition) is 3. The highest BCUT2D eigenvalue weighted by Gasteiger charge is 2.24. The van der Waals surface area contributed by atoms with Gasteiger partial charge < -0.3 is 9.30 Å².